The zero-order chi connectivity index (χ0) is 22.9. The van der Waals surface area contributed by atoms with E-state index in [0.717, 1.165) is 50.9 Å². The average Bonchev–Trinajstić information content (AvgIpc) is 3.01. The van der Waals surface area contributed by atoms with Gasteiger partial charge >= 0.3 is 0 Å². The third-order valence-electron chi connectivity index (χ3n) is 8.23. The maximum Gasteiger partial charge on any atom is 0.229 e. The van der Waals surface area contributed by atoms with E-state index in [1.807, 2.05) is 12.1 Å². The number of hydrogen-bond acceptors (Lipinski definition) is 3. The van der Waals surface area contributed by atoms with Gasteiger partial charge in [0.25, 0.3) is 0 Å². The van der Waals surface area contributed by atoms with Crippen LogP contribution in [0.3, 0.4) is 0 Å². The first-order chi connectivity index (χ1) is 15.3. The fourth-order valence-electron chi connectivity index (χ4n) is 6.32. The van der Waals surface area contributed by atoms with E-state index in [1.54, 1.807) is 0 Å². The molecule has 178 valence electrons. The number of piperidine rings is 2. The van der Waals surface area contributed by atoms with Crippen LogP contribution in [0.5, 0.6) is 0 Å². The summed E-state index contributed by atoms with van der Waals surface area (Å²) in [5.41, 5.74) is 0.943. The van der Waals surface area contributed by atoms with Gasteiger partial charge in [0.1, 0.15) is 5.82 Å². The molecule has 0 bridgehead atoms. The largest absolute Gasteiger partial charge is 0.339 e. The summed E-state index contributed by atoms with van der Waals surface area (Å²) in [7, 11) is 0. The SMILES string of the molecule is CC(C)CN1C(=O)C2(CCN(C3CCN(C(C)C)CC3)CC2)CC1Cc1ccc(F)cc1. The summed E-state index contributed by atoms with van der Waals surface area (Å²) >= 11 is 0. The van der Waals surface area contributed by atoms with Gasteiger partial charge < -0.3 is 14.7 Å². The van der Waals surface area contributed by atoms with E-state index in [-0.39, 0.29) is 17.3 Å². The molecular formula is C27H42FN3O. The fourth-order valence-corrected chi connectivity index (χ4v) is 6.32. The van der Waals surface area contributed by atoms with Crippen LogP contribution in [0.1, 0.15) is 65.4 Å². The summed E-state index contributed by atoms with van der Waals surface area (Å²) in [4.78, 5) is 21.2. The Morgan fingerprint density at radius 1 is 1.00 bits per heavy atom. The molecule has 0 N–H and O–H groups in total. The van der Waals surface area contributed by atoms with Crippen molar-refractivity contribution in [2.24, 2.45) is 11.3 Å². The quantitative estimate of drug-likeness (QED) is 0.644. The van der Waals surface area contributed by atoms with Crippen LogP contribution in [-0.4, -0.2) is 71.5 Å². The molecule has 3 saturated heterocycles. The number of benzene rings is 1. The molecule has 1 aromatic carbocycles. The molecule has 0 aromatic heterocycles. The van der Waals surface area contributed by atoms with Gasteiger partial charge in [-0.3, -0.25) is 4.79 Å². The molecule has 1 unspecified atom stereocenters. The summed E-state index contributed by atoms with van der Waals surface area (Å²) in [6.45, 7) is 14.3. The van der Waals surface area contributed by atoms with Gasteiger partial charge in [-0.2, -0.15) is 0 Å². The molecular weight excluding hydrogens is 401 g/mol. The van der Waals surface area contributed by atoms with Gasteiger partial charge in [0.15, 0.2) is 0 Å². The lowest BCUT2D eigenvalue weighted by Gasteiger charge is -2.45. The second-order valence-corrected chi connectivity index (χ2v) is 11.2. The molecule has 0 aliphatic carbocycles. The topological polar surface area (TPSA) is 26.8 Å². The third-order valence-corrected chi connectivity index (χ3v) is 8.23. The third kappa shape index (κ3) is 5.04. The van der Waals surface area contributed by atoms with Crippen LogP contribution in [0.2, 0.25) is 0 Å². The predicted molar refractivity (Wildman–Crippen MR) is 128 cm³/mol. The van der Waals surface area contributed by atoms with E-state index < -0.39 is 0 Å². The summed E-state index contributed by atoms with van der Waals surface area (Å²) < 4.78 is 13.4. The van der Waals surface area contributed by atoms with Crippen LogP contribution >= 0.6 is 0 Å². The molecule has 3 aliphatic rings. The second-order valence-electron chi connectivity index (χ2n) is 11.2. The van der Waals surface area contributed by atoms with Gasteiger partial charge in [0, 0.05) is 24.7 Å². The van der Waals surface area contributed by atoms with Crippen molar-refractivity contribution in [1.82, 2.24) is 14.7 Å². The Balaban J connectivity index is 1.40. The maximum atomic E-state index is 13.7. The van der Waals surface area contributed by atoms with Crippen LogP contribution in [-0.2, 0) is 11.2 Å². The maximum absolute atomic E-state index is 13.7. The Labute approximate surface area is 194 Å². The summed E-state index contributed by atoms with van der Waals surface area (Å²) in [5, 5.41) is 0. The lowest BCUT2D eigenvalue weighted by Crippen LogP contribution is -2.52. The number of amides is 1. The molecule has 5 heteroatoms. The lowest BCUT2D eigenvalue weighted by atomic mass is 9.75. The van der Waals surface area contributed by atoms with Crippen molar-refractivity contribution >= 4 is 5.91 Å². The van der Waals surface area contributed by atoms with E-state index in [2.05, 4.69) is 42.4 Å². The van der Waals surface area contributed by atoms with E-state index in [9.17, 15) is 9.18 Å². The van der Waals surface area contributed by atoms with E-state index in [1.165, 1.54) is 38.1 Å². The standard InChI is InChI=1S/C27H42FN3O/c1-20(2)19-31-25(17-22-5-7-23(28)8-6-22)18-27(26(31)32)11-15-30(16-12-27)24-9-13-29(14-10-24)21(3)4/h5-8,20-21,24-25H,9-19H2,1-4H3. The molecule has 32 heavy (non-hydrogen) atoms. The normalized spacial score (nSPS) is 25.5. The number of likely N-dealkylation sites (tertiary alicyclic amines) is 3. The Morgan fingerprint density at radius 3 is 2.19 bits per heavy atom. The molecule has 1 aromatic rings. The molecule has 1 spiro atoms. The summed E-state index contributed by atoms with van der Waals surface area (Å²) in [6.07, 6.45) is 6.28. The van der Waals surface area contributed by atoms with E-state index in [0.29, 0.717) is 23.9 Å². The minimum absolute atomic E-state index is 0.186. The first kappa shape index (κ1) is 23.7. The van der Waals surface area contributed by atoms with E-state index >= 15 is 0 Å². The summed E-state index contributed by atoms with van der Waals surface area (Å²) in [6, 6.07) is 8.39. The van der Waals surface area contributed by atoms with E-state index in [4.69, 9.17) is 0 Å². The molecule has 3 fully saturated rings. The van der Waals surface area contributed by atoms with Crippen LogP contribution in [0.4, 0.5) is 4.39 Å². The van der Waals surface area contributed by atoms with Crippen molar-refractivity contribution in [2.45, 2.75) is 84.3 Å². The molecule has 4 nitrogen and oxygen atoms in total. The molecule has 4 rings (SSSR count). The highest BCUT2D eigenvalue weighted by molar-refractivity contribution is 5.85. The monoisotopic (exact) mass is 443 g/mol. The Bertz CT molecular complexity index is 762. The van der Waals surface area contributed by atoms with Crippen molar-refractivity contribution in [3.63, 3.8) is 0 Å². The highest BCUT2D eigenvalue weighted by Crippen LogP contribution is 2.46. The van der Waals surface area contributed by atoms with Crippen molar-refractivity contribution in [3.05, 3.63) is 35.6 Å². The Kier molecular flexibility index (Phi) is 7.26. The number of hydrogen-bond donors (Lipinski definition) is 0. The van der Waals surface area contributed by atoms with Crippen molar-refractivity contribution in [1.29, 1.82) is 0 Å². The van der Waals surface area contributed by atoms with Gasteiger partial charge in [-0.05, 0) is 102 Å². The van der Waals surface area contributed by atoms with Gasteiger partial charge in [-0.15, -0.1) is 0 Å². The summed E-state index contributed by atoms with van der Waals surface area (Å²) in [5.74, 6) is 0.641. The molecule has 3 heterocycles. The molecule has 1 atom stereocenters. The minimum Gasteiger partial charge on any atom is -0.339 e. The zero-order valence-electron chi connectivity index (χ0n) is 20.5. The lowest BCUT2D eigenvalue weighted by molar-refractivity contribution is -0.140. The molecule has 0 saturated carbocycles. The van der Waals surface area contributed by atoms with Crippen LogP contribution in [0.15, 0.2) is 24.3 Å². The van der Waals surface area contributed by atoms with Crippen LogP contribution in [0, 0.1) is 17.2 Å². The second kappa shape index (κ2) is 9.80. The Hall–Kier alpha value is -1.46. The zero-order valence-corrected chi connectivity index (χ0v) is 20.5. The van der Waals surface area contributed by atoms with Crippen molar-refractivity contribution in [3.8, 4) is 0 Å². The van der Waals surface area contributed by atoms with Crippen LogP contribution in [0.25, 0.3) is 0 Å². The van der Waals surface area contributed by atoms with Gasteiger partial charge in [0.2, 0.25) is 5.91 Å². The van der Waals surface area contributed by atoms with Crippen LogP contribution < -0.4 is 0 Å². The highest BCUT2D eigenvalue weighted by atomic mass is 19.1. The fraction of sp³-hybridized carbons (Fsp3) is 0.741. The highest BCUT2D eigenvalue weighted by Gasteiger charge is 2.52. The van der Waals surface area contributed by atoms with Gasteiger partial charge in [-0.1, -0.05) is 26.0 Å². The minimum atomic E-state index is -0.196. The predicted octanol–water partition coefficient (Wildman–Crippen LogP) is 4.58. The average molecular weight is 444 g/mol. The number of rotatable bonds is 6. The number of nitrogens with zero attached hydrogens (tertiary/aromatic N) is 3. The first-order valence-electron chi connectivity index (χ1n) is 12.8. The number of carbonyl (C=O) groups excluding carboxylic acids is 1. The molecule has 3 aliphatic heterocycles. The van der Waals surface area contributed by atoms with Gasteiger partial charge in [-0.25, -0.2) is 4.39 Å². The molecule has 0 radical (unpaired) electrons. The van der Waals surface area contributed by atoms with Crippen molar-refractivity contribution in [2.75, 3.05) is 32.7 Å². The Morgan fingerprint density at radius 2 is 1.62 bits per heavy atom. The smallest absolute Gasteiger partial charge is 0.229 e. The number of carbonyl (C=O) groups is 1. The number of halogens is 1. The van der Waals surface area contributed by atoms with Gasteiger partial charge in [0.05, 0.1) is 5.41 Å². The first-order valence-corrected chi connectivity index (χ1v) is 12.8. The molecule has 1 amide bonds. The van der Waals surface area contributed by atoms with Crippen molar-refractivity contribution < 1.29 is 9.18 Å².